The van der Waals surface area contributed by atoms with Gasteiger partial charge in [-0.25, -0.2) is 0 Å². The van der Waals surface area contributed by atoms with Crippen molar-refractivity contribution in [2.24, 2.45) is 0 Å². The zero-order valence-electron chi connectivity index (χ0n) is 16.6. The lowest BCUT2D eigenvalue weighted by Gasteiger charge is -2.38. The average Bonchev–Trinajstić information content (AvgIpc) is 2.73. The van der Waals surface area contributed by atoms with Crippen molar-refractivity contribution in [3.8, 4) is 5.75 Å². The minimum absolute atomic E-state index is 0.000867. The molecule has 0 radical (unpaired) electrons. The number of phenolic OH excluding ortho intramolecular Hbond substituents is 1. The summed E-state index contributed by atoms with van der Waals surface area (Å²) in [6.07, 6.45) is 6.02. The van der Waals surface area contributed by atoms with E-state index in [1.54, 1.807) is 28.4 Å². The van der Waals surface area contributed by atoms with Gasteiger partial charge in [0.05, 0.1) is 0 Å². The van der Waals surface area contributed by atoms with Gasteiger partial charge >= 0.3 is 0 Å². The Bertz CT molecular complexity index is 769. The summed E-state index contributed by atoms with van der Waals surface area (Å²) in [5.74, 6) is 0.206. The van der Waals surface area contributed by atoms with E-state index in [1.165, 1.54) is 10.7 Å². The molecule has 3 rings (SSSR count). The van der Waals surface area contributed by atoms with Crippen molar-refractivity contribution in [2.75, 3.05) is 33.2 Å². The highest BCUT2D eigenvalue weighted by Crippen LogP contribution is 2.25. The average molecular weight is 410 g/mol. The molecular formula is C20H31N3O4S. The predicted octanol–water partition coefficient (Wildman–Crippen LogP) is 1.98. The highest BCUT2D eigenvalue weighted by molar-refractivity contribution is 7.86. The van der Waals surface area contributed by atoms with E-state index in [-0.39, 0.29) is 17.7 Å². The molecule has 1 saturated carbocycles. The van der Waals surface area contributed by atoms with Crippen LogP contribution in [0.15, 0.2) is 24.3 Å². The van der Waals surface area contributed by atoms with Gasteiger partial charge in [0, 0.05) is 45.7 Å². The van der Waals surface area contributed by atoms with Crippen LogP contribution in [-0.4, -0.2) is 72.2 Å². The predicted molar refractivity (Wildman–Crippen MR) is 108 cm³/mol. The van der Waals surface area contributed by atoms with Gasteiger partial charge in [0.25, 0.3) is 10.2 Å². The number of nitrogens with zero attached hydrogens (tertiary/aromatic N) is 3. The van der Waals surface area contributed by atoms with Crippen LogP contribution in [0.25, 0.3) is 0 Å². The van der Waals surface area contributed by atoms with Crippen LogP contribution in [0.3, 0.4) is 0 Å². The Hall–Kier alpha value is -1.64. The van der Waals surface area contributed by atoms with Gasteiger partial charge in [0.15, 0.2) is 0 Å². The van der Waals surface area contributed by atoms with Crippen LogP contribution in [0.1, 0.15) is 44.1 Å². The third-order valence-corrected chi connectivity index (χ3v) is 8.01. The SMILES string of the molecule is CN(C1CCCCC1)S(=O)(=O)N1CCN(C(=O)CCc2ccccc2O)CC1. The standard InChI is InChI=1S/C20H31N3O4S/c1-21(18-8-3-2-4-9-18)28(26,27)23-15-13-22(14-16-23)20(25)12-11-17-7-5-6-10-19(17)24/h5-7,10,18,24H,2-4,8-9,11-16H2,1H3. The first-order chi connectivity index (χ1) is 13.4. The first-order valence-corrected chi connectivity index (χ1v) is 11.6. The molecule has 2 fully saturated rings. The second-order valence-electron chi connectivity index (χ2n) is 7.72. The Kier molecular flexibility index (Phi) is 6.95. The molecule has 1 aromatic carbocycles. The van der Waals surface area contributed by atoms with E-state index >= 15 is 0 Å². The van der Waals surface area contributed by atoms with E-state index in [2.05, 4.69) is 0 Å². The van der Waals surface area contributed by atoms with Gasteiger partial charge in [-0.05, 0) is 30.9 Å². The number of carbonyl (C=O) groups excluding carboxylic acids is 1. The summed E-state index contributed by atoms with van der Waals surface area (Å²) in [6.45, 7) is 1.50. The van der Waals surface area contributed by atoms with Crippen LogP contribution in [0, 0.1) is 0 Å². The number of para-hydroxylation sites is 1. The molecule has 1 aliphatic carbocycles. The highest BCUT2D eigenvalue weighted by atomic mass is 32.2. The summed E-state index contributed by atoms with van der Waals surface area (Å²) < 4.78 is 28.9. The summed E-state index contributed by atoms with van der Waals surface area (Å²) in [7, 11) is -1.79. The molecule has 28 heavy (non-hydrogen) atoms. The Labute approximate surface area is 168 Å². The number of rotatable bonds is 6. The Morgan fingerprint density at radius 3 is 2.39 bits per heavy atom. The molecule has 0 unspecified atom stereocenters. The monoisotopic (exact) mass is 409 g/mol. The van der Waals surface area contributed by atoms with Crippen molar-refractivity contribution < 1.29 is 18.3 Å². The zero-order valence-corrected chi connectivity index (χ0v) is 17.4. The van der Waals surface area contributed by atoms with Gasteiger partial charge in [0.2, 0.25) is 5.91 Å². The number of phenols is 1. The van der Waals surface area contributed by atoms with Crippen molar-refractivity contribution in [3.05, 3.63) is 29.8 Å². The van der Waals surface area contributed by atoms with Gasteiger partial charge in [-0.2, -0.15) is 17.0 Å². The van der Waals surface area contributed by atoms with E-state index in [1.807, 2.05) is 12.1 Å². The molecule has 0 aromatic heterocycles. The van der Waals surface area contributed by atoms with E-state index in [0.29, 0.717) is 39.0 Å². The summed E-state index contributed by atoms with van der Waals surface area (Å²) >= 11 is 0. The first kappa shape index (κ1) is 21.1. The molecule has 0 atom stereocenters. The molecule has 156 valence electrons. The number of hydrogen-bond donors (Lipinski definition) is 1. The first-order valence-electron chi connectivity index (χ1n) is 10.2. The Morgan fingerprint density at radius 1 is 1.11 bits per heavy atom. The summed E-state index contributed by atoms with van der Waals surface area (Å²) in [5.41, 5.74) is 0.756. The van der Waals surface area contributed by atoms with Crippen molar-refractivity contribution in [2.45, 2.75) is 51.0 Å². The molecule has 1 N–H and O–H groups in total. The van der Waals surface area contributed by atoms with Gasteiger partial charge in [0.1, 0.15) is 5.75 Å². The second-order valence-corrected chi connectivity index (χ2v) is 9.71. The molecule has 7 nitrogen and oxygen atoms in total. The Balaban J connectivity index is 1.50. The molecule has 1 amide bonds. The number of amides is 1. The normalized spacial score (nSPS) is 19.9. The van der Waals surface area contributed by atoms with Gasteiger partial charge in [-0.15, -0.1) is 0 Å². The summed E-state index contributed by atoms with van der Waals surface area (Å²) in [5, 5.41) is 9.81. The van der Waals surface area contributed by atoms with Crippen LogP contribution >= 0.6 is 0 Å². The number of piperazine rings is 1. The fourth-order valence-corrected chi connectivity index (χ4v) is 5.68. The Morgan fingerprint density at radius 2 is 1.75 bits per heavy atom. The fraction of sp³-hybridized carbons (Fsp3) is 0.650. The van der Waals surface area contributed by atoms with Crippen LogP contribution in [0.5, 0.6) is 5.75 Å². The lowest BCUT2D eigenvalue weighted by molar-refractivity contribution is -0.132. The van der Waals surface area contributed by atoms with E-state index in [9.17, 15) is 18.3 Å². The van der Waals surface area contributed by atoms with Crippen LogP contribution < -0.4 is 0 Å². The molecule has 0 bridgehead atoms. The molecule has 2 aliphatic rings. The van der Waals surface area contributed by atoms with E-state index in [0.717, 1.165) is 31.2 Å². The van der Waals surface area contributed by atoms with Crippen molar-refractivity contribution in [1.29, 1.82) is 0 Å². The number of hydrogen-bond acceptors (Lipinski definition) is 4. The summed E-state index contributed by atoms with van der Waals surface area (Å²) in [6, 6.07) is 7.12. The van der Waals surface area contributed by atoms with Crippen LogP contribution in [0.4, 0.5) is 0 Å². The molecule has 8 heteroatoms. The van der Waals surface area contributed by atoms with Crippen molar-refractivity contribution >= 4 is 16.1 Å². The summed E-state index contributed by atoms with van der Waals surface area (Å²) in [4.78, 5) is 14.2. The molecule has 1 aliphatic heterocycles. The van der Waals surface area contributed by atoms with Crippen LogP contribution in [-0.2, 0) is 21.4 Å². The molecule has 1 heterocycles. The topological polar surface area (TPSA) is 81.2 Å². The quantitative estimate of drug-likeness (QED) is 0.779. The lowest BCUT2D eigenvalue weighted by atomic mass is 9.96. The zero-order chi connectivity index (χ0) is 20.1. The molecule has 0 spiro atoms. The largest absolute Gasteiger partial charge is 0.508 e. The van der Waals surface area contributed by atoms with Gasteiger partial charge in [-0.1, -0.05) is 37.5 Å². The van der Waals surface area contributed by atoms with Gasteiger partial charge < -0.3 is 10.0 Å². The maximum atomic E-state index is 12.9. The third kappa shape index (κ3) is 4.85. The smallest absolute Gasteiger partial charge is 0.282 e. The van der Waals surface area contributed by atoms with Crippen molar-refractivity contribution in [1.82, 2.24) is 13.5 Å². The van der Waals surface area contributed by atoms with E-state index < -0.39 is 10.2 Å². The lowest BCUT2D eigenvalue weighted by Crippen LogP contribution is -2.55. The second kappa shape index (κ2) is 9.24. The third-order valence-electron chi connectivity index (χ3n) is 5.97. The molecule has 1 saturated heterocycles. The number of aromatic hydroxyl groups is 1. The van der Waals surface area contributed by atoms with Crippen molar-refractivity contribution in [3.63, 3.8) is 0 Å². The molecular weight excluding hydrogens is 378 g/mol. The highest BCUT2D eigenvalue weighted by Gasteiger charge is 2.35. The maximum absolute atomic E-state index is 12.9. The van der Waals surface area contributed by atoms with E-state index in [4.69, 9.17) is 0 Å². The number of carbonyl (C=O) groups is 1. The number of aryl methyl sites for hydroxylation is 1. The van der Waals surface area contributed by atoms with Gasteiger partial charge in [-0.3, -0.25) is 4.79 Å². The maximum Gasteiger partial charge on any atom is 0.282 e. The fourth-order valence-electron chi connectivity index (χ4n) is 4.11. The minimum atomic E-state index is -3.48. The van der Waals surface area contributed by atoms with Crippen LogP contribution in [0.2, 0.25) is 0 Å². The minimum Gasteiger partial charge on any atom is -0.508 e. The molecule has 1 aromatic rings. The number of benzene rings is 1.